The normalized spacial score (nSPS) is 10.5. The molecule has 0 aliphatic carbocycles. The van der Waals surface area contributed by atoms with Crippen LogP contribution in [-0.4, -0.2) is 32.2 Å². The van der Waals surface area contributed by atoms with E-state index in [1.54, 1.807) is 12.1 Å². The third-order valence-electron chi connectivity index (χ3n) is 4.06. The number of anilines is 1. The molecule has 0 bridgehead atoms. The van der Waals surface area contributed by atoms with Gasteiger partial charge in [-0.1, -0.05) is 28.1 Å². The second kappa shape index (κ2) is 8.62. The minimum atomic E-state index is -0.310. The molecule has 1 amide bonds. The van der Waals surface area contributed by atoms with E-state index < -0.39 is 0 Å². The summed E-state index contributed by atoms with van der Waals surface area (Å²) in [6.45, 7) is 1.98. The van der Waals surface area contributed by atoms with Crippen molar-refractivity contribution in [2.75, 3.05) is 26.6 Å². The van der Waals surface area contributed by atoms with E-state index in [0.29, 0.717) is 27.9 Å². The standard InChI is InChI=1S/C20H19BrN2O4S/c1-11-17(12-5-7-14(21)8-6-12)22-20(28-11)23-19(24)13-9-15(25-2)18(27-4)16(10-13)26-3/h5-10H,1-4H3,(H,22,23,24). The van der Waals surface area contributed by atoms with Crippen molar-refractivity contribution in [1.29, 1.82) is 0 Å². The van der Waals surface area contributed by atoms with Crippen molar-refractivity contribution < 1.29 is 19.0 Å². The van der Waals surface area contributed by atoms with Crippen LogP contribution in [0.2, 0.25) is 0 Å². The number of amides is 1. The van der Waals surface area contributed by atoms with Crippen LogP contribution < -0.4 is 19.5 Å². The number of nitrogens with zero attached hydrogens (tertiary/aromatic N) is 1. The molecule has 3 aromatic rings. The third kappa shape index (κ3) is 4.13. The molecule has 2 aromatic carbocycles. The molecule has 0 aliphatic rings. The Morgan fingerprint density at radius 1 is 1.04 bits per heavy atom. The van der Waals surface area contributed by atoms with Gasteiger partial charge in [0, 0.05) is 20.5 Å². The lowest BCUT2D eigenvalue weighted by atomic mass is 10.1. The number of rotatable bonds is 6. The van der Waals surface area contributed by atoms with E-state index in [4.69, 9.17) is 14.2 Å². The molecule has 1 aromatic heterocycles. The molecule has 28 heavy (non-hydrogen) atoms. The van der Waals surface area contributed by atoms with Crippen molar-refractivity contribution in [2.24, 2.45) is 0 Å². The van der Waals surface area contributed by atoms with Gasteiger partial charge in [-0.05, 0) is 31.2 Å². The largest absolute Gasteiger partial charge is 0.493 e. The number of nitrogens with one attached hydrogen (secondary N) is 1. The molecule has 0 aliphatic heterocycles. The Balaban J connectivity index is 1.87. The zero-order valence-electron chi connectivity index (χ0n) is 15.8. The number of ether oxygens (including phenoxy) is 3. The molecule has 0 fully saturated rings. The zero-order valence-corrected chi connectivity index (χ0v) is 18.2. The number of thiazole rings is 1. The molecule has 0 saturated carbocycles. The molecule has 0 unspecified atom stereocenters. The third-order valence-corrected chi connectivity index (χ3v) is 5.48. The first kappa shape index (κ1) is 20.2. The van der Waals surface area contributed by atoms with Crippen molar-refractivity contribution in [2.45, 2.75) is 6.92 Å². The molecule has 0 spiro atoms. The lowest BCUT2D eigenvalue weighted by molar-refractivity contribution is 0.102. The minimum Gasteiger partial charge on any atom is -0.493 e. The van der Waals surface area contributed by atoms with Crippen molar-refractivity contribution in [3.05, 3.63) is 51.3 Å². The van der Waals surface area contributed by atoms with Gasteiger partial charge in [-0.25, -0.2) is 4.98 Å². The second-order valence-corrected chi connectivity index (χ2v) is 7.92. The maximum atomic E-state index is 12.7. The summed E-state index contributed by atoms with van der Waals surface area (Å²) in [6.07, 6.45) is 0. The van der Waals surface area contributed by atoms with Gasteiger partial charge in [0.2, 0.25) is 5.75 Å². The molecule has 6 nitrogen and oxygen atoms in total. The van der Waals surface area contributed by atoms with Crippen LogP contribution in [0, 0.1) is 6.92 Å². The van der Waals surface area contributed by atoms with Crippen LogP contribution in [0.3, 0.4) is 0 Å². The van der Waals surface area contributed by atoms with Gasteiger partial charge in [-0.2, -0.15) is 0 Å². The van der Waals surface area contributed by atoms with Crippen molar-refractivity contribution in [3.63, 3.8) is 0 Å². The van der Waals surface area contributed by atoms with Crippen LogP contribution in [0.15, 0.2) is 40.9 Å². The predicted octanol–water partition coefficient (Wildman–Crippen LogP) is 5.16. The lowest BCUT2D eigenvalue weighted by Crippen LogP contribution is -2.12. The van der Waals surface area contributed by atoms with Crippen LogP contribution in [0.4, 0.5) is 5.13 Å². The molecular weight excluding hydrogens is 444 g/mol. The monoisotopic (exact) mass is 462 g/mol. The highest BCUT2D eigenvalue weighted by atomic mass is 79.9. The number of hydrogen-bond donors (Lipinski definition) is 1. The summed E-state index contributed by atoms with van der Waals surface area (Å²) in [6, 6.07) is 11.1. The second-order valence-electron chi connectivity index (χ2n) is 5.80. The number of aromatic nitrogens is 1. The Hall–Kier alpha value is -2.58. The van der Waals surface area contributed by atoms with Crippen LogP contribution in [-0.2, 0) is 0 Å². The number of benzene rings is 2. The van der Waals surface area contributed by atoms with E-state index in [1.165, 1.54) is 32.7 Å². The molecule has 0 saturated heterocycles. The number of carbonyl (C=O) groups is 1. The quantitative estimate of drug-likeness (QED) is 0.547. The first-order valence-electron chi connectivity index (χ1n) is 8.31. The molecule has 8 heteroatoms. The molecule has 1 N–H and O–H groups in total. The average molecular weight is 463 g/mol. The summed E-state index contributed by atoms with van der Waals surface area (Å²) in [4.78, 5) is 18.3. The first-order valence-corrected chi connectivity index (χ1v) is 9.92. The van der Waals surface area contributed by atoms with Crippen LogP contribution >= 0.6 is 27.3 Å². The summed E-state index contributed by atoms with van der Waals surface area (Å²) in [7, 11) is 4.53. The van der Waals surface area contributed by atoms with Crippen LogP contribution in [0.5, 0.6) is 17.2 Å². The number of halogens is 1. The highest BCUT2D eigenvalue weighted by molar-refractivity contribution is 9.10. The predicted molar refractivity (Wildman–Crippen MR) is 114 cm³/mol. The number of hydrogen-bond acceptors (Lipinski definition) is 6. The topological polar surface area (TPSA) is 69.7 Å². The number of aryl methyl sites for hydroxylation is 1. The molecule has 0 atom stereocenters. The maximum absolute atomic E-state index is 12.7. The molecule has 3 rings (SSSR count). The highest BCUT2D eigenvalue weighted by Gasteiger charge is 2.18. The van der Waals surface area contributed by atoms with Crippen LogP contribution in [0.1, 0.15) is 15.2 Å². The Labute approximate surface area is 175 Å². The van der Waals surface area contributed by atoms with E-state index in [9.17, 15) is 4.79 Å². The van der Waals surface area contributed by atoms with Gasteiger partial charge >= 0.3 is 0 Å². The minimum absolute atomic E-state index is 0.310. The van der Waals surface area contributed by atoms with Crippen molar-refractivity contribution in [3.8, 4) is 28.5 Å². The maximum Gasteiger partial charge on any atom is 0.257 e. The number of methoxy groups -OCH3 is 3. The summed E-state index contributed by atoms with van der Waals surface area (Å²) in [5, 5.41) is 3.37. The van der Waals surface area contributed by atoms with Gasteiger partial charge in [0.25, 0.3) is 5.91 Å². The van der Waals surface area contributed by atoms with E-state index in [1.807, 2.05) is 31.2 Å². The van der Waals surface area contributed by atoms with E-state index in [0.717, 1.165) is 20.6 Å². The fourth-order valence-electron chi connectivity index (χ4n) is 2.71. The fraction of sp³-hybridized carbons (Fsp3) is 0.200. The van der Waals surface area contributed by atoms with Gasteiger partial charge in [-0.15, -0.1) is 11.3 Å². The highest BCUT2D eigenvalue weighted by Crippen LogP contribution is 2.38. The van der Waals surface area contributed by atoms with Gasteiger partial charge < -0.3 is 14.2 Å². The Bertz CT molecular complexity index is 977. The molecular formula is C20H19BrN2O4S. The van der Waals surface area contributed by atoms with Crippen LogP contribution in [0.25, 0.3) is 11.3 Å². The van der Waals surface area contributed by atoms with E-state index in [-0.39, 0.29) is 5.91 Å². The van der Waals surface area contributed by atoms with Gasteiger partial charge in [-0.3, -0.25) is 10.1 Å². The van der Waals surface area contributed by atoms with Crippen molar-refractivity contribution in [1.82, 2.24) is 4.98 Å². The number of carbonyl (C=O) groups excluding carboxylic acids is 1. The molecule has 0 radical (unpaired) electrons. The van der Waals surface area contributed by atoms with Gasteiger partial charge in [0.05, 0.1) is 27.0 Å². The average Bonchev–Trinajstić information content (AvgIpc) is 3.07. The smallest absolute Gasteiger partial charge is 0.257 e. The summed E-state index contributed by atoms with van der Waals surface area (Å²) >= 11 is 4.85. The lowest BCUT2D eigenvalue weighted by Gasteiger charge is -2.13. The Morgan fingerprint density at radius 3 is 2.18 bits per heavy atom. The molecule has 1 heterocycles. The Morgan fingerprint density at radius 2 is 1.64 bits per heavy atom. The van der Waals surface area contributed by atoms with E-state index >= 15 is 0 Å². The summed E-state index contributed by atoms with van der Waals surface area (Å²) < 4.78 is 16.9. The first-order chi connectivity index (χ1) is 13.5. The fourth-order valence-corrected chi connectivity index (χ4v) is 3.80. The summed E-state index contributed by atoms with van der Waals surface area (Å²) in [5.74, 6) is 0.954. The van der Waals surface area contributed by atoms with E-state index in [2.05, 4.69) is 26.2 Å². The SMILES string of the molecule is COc1cc(C(=O)Nc2nc(-c3ccc(Br)cc3)c(C)s2)cc(OC)c1OC. The Kier molecular flexibility index (Phi) is 6.21. The summed E-state index contributed by atoms with van der Waals surface area (Å²) in [5.41, 5.74) is 2.22. The van der Waals surface area contributed by atoms with Gasteiger partial charge in [0.15, 0.2) is 16.6 Å². The zero-order chi connectivity index (χ0) is 20.3. The van der Waals surface area contributed by atoms with Gasteiger partial charge in [0.1, 0.15) is 0 Å². The molecule has 146 valence electrons. The van der Waals surface area contributed by atoms with Crippen molar-refractivity contribution >= 4 is 38.3 Å².